The summed E-state index contributed by atoms with van der Waals surface area (Å²) in [5.41, 5.74) is 3.91. The fourth-order valence-corrected chi connectivity index (χ4v) is 3.53. The summed E-state index contributed by atoms with van der Waals surface area (Å²) in [5, 5.41) is 15.9. The van der Waals surface area contributed by atoms with Crippen LogP contribution in [0.2, 0.25) is 0 Å². The summed E-state index contributed by atoms with van der Waals surface area (Å²) < 4.78 is 18.9. The lowest BCUT2D eigenvalue weighted by atomic mass is 10.0. The van der Waals surface area contributed by atoms with Crippen molar-refractivity contribution in [3.63, 3.8) is 0 Å². The first kappa shape index (κ1) is 21.8. The zero-order valence-corrected chi connectivity index (χ0v) is 17.9. The minimum atomic E-state index is -0.472. The van der Waals surface area contributed by atoms with Crippen LogP contribution in [-0.4, -0.2) is 29.7 Å². The molecule has 1 amide bonds. The number of aromatic nitrogens is 1. The molecule has 1 heterocycles. The van der Waals surface area contributed by atoms with Crippen molar-refractivity contribution >= 4 is 11.6 Å². The molecule has 1 aliphatic rings. The van der Waals surface area contributed by atoms with Crippen LogP contribution in [0, 0.1) is 11.7 Å². The van der Waals surface area contributed by atoms with Gasteiger partial charge in [0.2, 0.25) is 0 Å². The molecule has 0 unspecified atom stereocenters. The van der Waals surface area contributed by atoms with Gasteiger partial charge in [0.25, 0.3) is 5.91 Å². The molecule has 0 spiro atoms. The van der Waals surface area contributed by atoms with Gasteiger partial charge in [0.1, 0.15) is 0 Å². The van der Waals surface area contributed by atoms with Crippen molar-refractivity contribution < 1.29 is 19.0 Å². The van der Waals surface area contributed by atoms with E-state index >= 15 is 0 Å². The molecule has 166 valence electrons. The van der Waals surface area contributed by atoms with E-state index in [9.17, 15) is 14.3 Å². The third kappa shape index (κ3) is 5.06. The Bertz CT molecular complexity index is 1120. The van der Waals surface area contributed by atoms with Crippen LogP contribution in [0.4, 0.5) is 10.1 Å². The van der Waals surface area contributed by atoms with Crippen LogP contribution in [0.5, 0.6) is 5.75 Å². The van der Waals surface area contributed by atoms with Gasteiger partial charge in [-0.1, -0.05) is 18.2 Å². The molecule has 1 aliphatic carbocycles. The standard InChI is InChI=1S/C25H26FN3O3/c1-32-23-9-6-17(11-21(23)26)14-29-25(31)20-12-18(24-19(15-30)3-2-10-27-24)7-8-22(20)28-13-16-4-5-16/h2-3,6-12,16,28,30H,4-5,13-15H2,1H3,(H,29,31). The van der Waals surface area contributed by atoms with Crippen LogP contribution in [0.1, 0.15) is 34.3 Å². The number of halogens is 1. The van der Waals surface area contributed by atoms with Crippen molar-refractivity contribution in [2.45, 2.75) is 26.0 Å². The van der Waals surface area contributed by atoms with E-state index in [0.717, 1.165) is 17.8 Å². The molecule has 0 saturated heterocycles. The fourth-order valence-electron chi connectivity index (χ4n) is 3.53. The van der Waals surface area contributed by atoms with Crippen LogP contribution in [0.3, 0.4) is 0 Å². The maximum Gasteiger partial charge on any atom is 0.253 e. The molecule has 0 atom stereocenters. The highest BCUT2D eigenvalue weighted by atomic mass is 19.1. The molecule has 32 heavy (non-hydrogen) atoms. The number of hydrogen-bond donors (Lipinski definition) is 3. The van der Waals surface area contributed by atoms with E-state index < -0.39 is 5.82 Å². The molecular weight excluding hydrogens is 409 g/mol. The molecule has 2 aromatic carbocycles. The number of nitrogens with zero attached hydrogens (tertiary/aromatic N) is 1. The van der Waals surface area contributed by atoms with Crippen LogP contribution < -0.4 is 15.4 Å². The number of hydrogen-bond acceptors (Lipinski definition) is 5. The molecule has 4 rings (SSSR count). The van der Waals surface area contributed by atoms with E-state index in [1.165, 1.54) is 32.1 Å². The van der Waals surface area contributed by atoms with E-state index in [2.05, 4.69) is 15.6 Å². The van der Waals surface area contributed by atoms with Crippen molar-refractivity contribution in [2.75, 3.05) is 19.0 Å². The van der Waals surface area contributed by atoms with Gasteiger partial charge in [0, 0.05) is 36.1 Å². The number of aliphatic hydroxyl groups excluding tert-OH is 1. The number of carbonyl (C=O) groups is 1. The molecule has 6 nitrogen and oxygen atoms in total. The molecule has 7 heteroatoms. The lowest BCUT2D eigenvalue weighted by Gasteiger charge is -2.15. The van der Waals surface area contributed by atoms with Gasteiger partial charge in [-0.15, -0.1) is 0 Å². The number of anilines is 1. The van der Waals surface area contributed by atoms with Gasteiger partial charge >= 0.3 is 0 Å². The maximum absolute atomic E-state index is 14.0. The highest BCUT2D eigenvalue weighted by Gasteiger charge is 2.22. The van der Waals surface area contributed by atoms with E-state index in [0.29, 0.717) is 28.3 Å². The van der Waals surface area contributed by atoms with Crippen molar-refractivity contribution in [1.29, 1.82) is 0 Å². The van der Waals surface area contributed by atoms with Crippen LogP contribution in [-0.2, 0) is 13.2 Å². The quantitative estimate of drug-likeness (QED) is 0.471. The average molecular weight is 435 g/mol. The van der Waals surface area contributed by atoms with E-state index in [1.54, 1.807) is 30.5 Å². The van der Waals surface area contributed by atoms with Gasteiger partial charge in [0.15, 0.2) is 11.6 Å². The van der Waals surface area contributed by atoms with Crippen molar-refractivity contribution in [1.82, 2.24) is 10.3 Å². The summed E-state index contributed by atoms with van der Waals surface area (Å²) >= 11 is 0. The van der Waals surface area contributed by atoms with Crippen LogP contribution in [0.15, 0.2) is 54.7 Å². The minimum absolute atomic E-state index is 0.143. The molecule has 1 fully saturated rings. The fraction of sp³-hybridized carbons (Fsp3) is 0.280. The SMILES string of the molecule is COc1ccc(CNC(=O)c2cc(-c3ncccc3CO)ccc2NCC2CC2)cc1F. The predicted octanol–water partition coefficient (Wildman–Crippen LogP) is 4.14. The molecular formula is C25H26FN3O3. The van der Waals surface area contributed by atoms with Crippen LogP contribution >= 0.6 is 0 Å². The largest absolute Gasteiger partial charge is 0.494 e. The number of amides is 1. The van der Waals surface area contributed by atoms with Gasteiger partial charge in [-0.3, -0.25) is 9.78 Å². The van der Waals surface area contributed by atoms with Crippen LogP contribution in [0.25, 0.3) is 11.3 Å². The highest BCUT2D eigenvalue weighted by molar-refractivity contribution is 6.00. The molecule has 3 aromatic rings. The lowest BCUT2D eigenvalue weighted by Crippen LogP contribution is -2.24. The first-order chi connectivity index (χ1) is 15.6. The van der Waals surface area contributed by atoms with Crippen molar-refractivity contribution in [3.05, 3.63) is 77.2 Å². The second-order valence-corrected chi connectivity index (χ2v) is 7.91. The number of benzene rings is 2. The smallest absolute Gasteiger partial charge is 0.253 e. The normalized spacial score (nSPS) is 13.0. The third-order valence-electron chi connectivity index (χ3n) is 5.55. The molecule has 1 aromatic heterocycles. The van der Waals surface area contributed by atoms with E-state index in [1.807, 2.05) is 12.1 Å². The number of pyridine rings is 1. The maximum atomic E-state index is 14.0. The Balaban J connectivity index is 1.58. The Hall–Kier alpha value is -3.45. The molecule has 0 aliphatic heterocycles. The zero-order chi connectivity index (χ0) is 22.5. The van der Waals surface area contributed by atoms with Gasteiger partial charge < -0.3 is 20.5 Å². The summed E-state index contributed by atoms with van der Waals surface area (Å²) in [5.74, 6) is 0.0570. The Labute approximate surface area is 186 Å². The first-order valence-electron chi connectivity index (χ1n) is 10.6. The summed E-state index contributed by atoms with van der Waals surface area (Å²) in [6.45, 7) is 0.849. The number of rotatable bonds is 9. The topological polar surface area (TPSA) is 83.5 Å². The highest BCUT2D eigenvalue weighted by Crippen LogP contribution is 2.31. The summed E-state index contributed by atoms with van der Waals surface area (Å²) in [7, 11) is 1.41. The minimum Gasteiger partial charge on any atom is -0.494 e. The number of ether oxygens (including phenoxy) is 1. The predicted molar refractivity (Wildman–Crippen MR) is 121 cm³/mol. The average Bonchev–Trinajstić information content (AvgIpc) is 3.66. The monoisotopic (exact) mass is 435 g/mol. The van der Waals surface area contributed by atoms with Gasteiger partial charge in [-0.05, 0) is 54.7 Å². The Morgan fingerprint density at radius 3 is 2.78 bits per heavy atom. The summed E-state index contributed by atoms with van der Waals surface area (Å²) in [6, 6.07) is 13.7. The number of methoxy groups -OCH3 is 1. The first-order valence-corrected chi connectivity index (χ1v) is 10.6. The zero-order valence-electron chi connectivity index (χ0n) is 17.9. The van der Waals surface area contributed by atoms with Crippen molar-refractivity contribution in [3.8, 4) is 17.0 Å². The number of aliphatic hydroxyl groups is 1. The molecule has 3 N–H and O–H groups in total. The molecule has 1 saturated carbocycles. The van der Waals surface area contributed by atoms with E-state index in [-0.39, 0.29) is 24.8 Å². The van der Waals surface area contributed by atoms with Gasteiger partial charge in [-0.25, -0.2) is 4.39 Å². The van der Waals surface area contributed by atoms with E-state index in [4.69, 9.17) is 4.74 Å². The van der Waals surface area contributed by atoms with Crippen molar-refractivity contribution in [2.24, 2.45) is 5.92 Å². The summed E-state index contributed by atoms with van der Waals surface area (Å²) in [4.78, 5) is 17.5. The second kappa shape index (κ2) is 9.78. The Morgan fingerprint density at radius 1 is 1.22 bits per heavy atom. The number of carbonyl (C=O) groups excluding carboxylic acids is 1. The lowest BCUT2D eigenvalue weighted by molar-refractivity contribution is 0.0951. The number of nitrogens with one attached hydrogen (secondary N) is 2. The molecule has 0 radical (unpaired) electrons. The van der Waals surface area contributed by atoms with Gasteiger partial charge in [0.05, 0.1) is 25.0 Å². The summed E-state index contributed by atoms with van der Waals surface area (Å²) in [6.07, 6.45) is 4.05. The van der Waals surface area contributed by atoms with Gasteiger partial charge in [-0.2, -0.15) is 0 Å². The third-order valence-corrected chi connectivity index (χ3v) is 5.55. The Morgan fingerprint density at radius 2 is 2.06 bits per heavy atom. The second-order valence-electron chi connectivity index (χ2n) is 7.91. The molecule has 0 bridgehead atoms. The Kier molecular flexibility index (Phi) is 6.66.